The summed E-state index contributed by atoms with van der Waals surface area (Å²) in [5, 5.41) is 0. The lowest BCUT2D eigenvalue weighted by Crippen LogP contribution is -2.10. The molecule has 2 rings (SSSR count). The maximum Gasteiger partial charge on any atom is 0.373 e. The largest absolute Gasteiger partial charge is 0.463 e. The Kier molecular flexibility index (Phi) is 4.56. The highest BCUT2D eigenvalue weighted by Gasteiger charge is 2.10. The standard InChI is InChI=1S/C17H16O3/c1-3-16(17(18)19-2)20-15-11-9-14(10-12-15)13-7-5-4-6-8-13/h3-12H,1-2H3. The van der Waals surface area contributed by atoms with Gasteiger partial charge in [-0.1, -0.05) is 42.5 Å². The molecular weight excluding hydrogens is 252 g/mol. The van der Waals surface area contributed by atoms with Crippen molar-refractivity contribution in [2.24, 2.45) is 0 Å². The first-order valence-electron chi connectivity index (χ1n) is 6.32. The molecule has 2 aromatic carbocycles. The van der Waals surface area contributed by atoms with Crippen LogP contribution in [0.1, 0.15) is 6.92 Å². The van der Waals surface area contributed by atoms with Crippen LogP contribution in [-0.2, 0) is 9.53 Å². The second-order valence-electron chi connectivity index (χ2n) is 4.14. The van der Waals surface area contributed by atoms with Gasteiger partial charge in [0.05, 0.1) is 7.11 Å². The lowest BCUT2D eigenvalue weighted by Gasteiger charge is -2.08. The first kappa shape index (κ1) is 13.9. The predicted octanol–water partition coefficient (Wildman–Crippen LogP) is 3.81. The fourth-order valence-corrected chi connectivity index (χ4v) is 1.79. The van der Waals surface area contributed by atoms with Crippen LogP contribution in [0.25, 0.3) is 11.1 Å². The molecule has 0 N–H and O–H groups in total. The minimum Gasteiger partial charge on any atom is -0.463 e. The van der Waals surface area contributed by atoms with E-state index in [1.165, 1.54) is 7.11 Å². The fourth-order valence-electron chi connectivity index (χ4n) is 1.79. The molecule has 102 valence electrons. The Balaban J connectivity index is 2.15. The summed E-state index contributed by atoms with van der Waals surface area (Å²) in [5.41, 5.74) is 2.23. The highest BCUT2D eigenvalue weighted by Crippen LogP contribution is 2.23. The summed E-state index contributed by atoms with van der Waals surface area (Å²) in [6, 6.07) is 17.6. The number of hydrogen-bond acceptors (Lipinski definition) is 3. The van der Waals surface area contributed by atoms with Crippen LogP contribution in [-0.4, -0.2) is 13.1 Å². The number of allylic oxidation sites excluding steroid dienone is 1. The average Bonchev–Trinajstić information content (AvgIpc) is 2.53. The van der Waals surface area contributed by atoms with Gasteiger partial charge in [-0.05, 0) is 36.3 Å². The Morgan fingerprint density at radius 1 is 0.950 bits per heavy atom. The molecule has 0 aromatic heterocycles. The maximum absolute atomic E-state index is 11.4. The number of methoxy groups -OCH3 is 1. The van der Waals surface area contributed by atoms with Crippen molar-refractivity contribution < 1.29 is 14.3 Å². The Hall–Kier alpha value is -2.55. The molecule has 0 heterocycles. The van der Waals surface area contributed by atoms with Gasteiger partial charge in [0, 0.05) is 0 Å². The van der Waals surface area contributed by atoms with Crippen molar-refractivity contribution in [3.8, 4) is 16.9 Å². The molecule has 0 unspecified atom stereocenters. The van der Waals surface area contributed by atoms with Crippen molar-refractivity contribution in [2.75, 3.05) is 7.11 Å². The van der Waals surface area contributed by atoms with Gasteiger partial charge in [0.25, 0.3) is 0 Å². The van der Waals surface area contributed by atoms with Crippen LogP contribution >= 0.6 is 0 Å². The summed E-state index contributed by atoms with van der Waals surface area (Å²) >= 11 is 0. The maximum atomic E-state index is 11.4. The van der Waals surface area contributed by atoms with Gasteiger partial charge in [0.2, 0.25) is 5.76 Å². The fraction of sp³-hybridized carbons (Fsp3) is 0.118. The predicted molar refractivity (Wildman–Crippen MR) is 78.3 cm³/mol. The third-order valence-corrected chi connectivity index (χ3v) is 2.84. The number of benzene rings is 2. The van der Waals surface area contributed by atoms with E-state index in [1.54, 1.807) is 13.0 Å². The quantitative estimate of drug-likeness (QED) is 0.480. The van der Waals surface area contributed by atoms with E-state index >= 15 is 0 Å². The summed E-state index contributed by atoms with van der Waals surface area (Å²) in [4.78, 5) is 11.4. The molecule has 0 saturated heterocycles. The third-order valence-electron chi connectivity index (χ3n) is 2.84. The van der Waals surface area contributed by atoms with E-state index < -0.39 is 5.97 Å². The number of carbonyl (C=O) groups excluding carboxylic acids is 1. The molecule has 0 spiro atoms. The summed E-state index contributed by atoms with van der Waals surface area (Å²) in [7, 11) is 1.33. The summed E-state index contributed by atoms with van der Waals surface area (Å²) < 4.78 is 10.1. The molecular formula is C17H16O3. The lowest BCUT2D eigenvalue weighted by molar-refractivity contribution is -0.138. The molecule has 0 amide bonds. The first-order valence-corrected chi connectivity index (χ1v) is 6.32. The van der Waals surface area contributed by atoms with Crippen LogP contribution < -0.4 is 4.74 Å². The average molecular weight is 268 g/mol. The van der Waals surface area contributed by atoms with Crippen molar-refractivity contribution >= 4 is 5.97 Å². The van der Waals surface area contributed by atoms with Gasteiger partial charge >= 0.3 is 5.97 Å². The topological polar surface area (TPSA) is 35.5 Å². The second-order valence-corrected chi connectivity index (χ2v) is 4.14. The highest BCUT2D eigenvalue weighted by atomic mass is 16.6. The molecule has 0 aliphatic rings. The third kappa shape index (κ3) is 3.26. The number of esters is 1. The van der Waals surface area contributed by atoms with Gasteiger partial charge in [-0.25, -0.2) is 4.79 Å². The Morgan fingerprint density at radius 3 is 2.10 bits per heavy atom. The minimum atomic E-state index is -0.486. The number of carbonyl (C=O) groups is 1. The molecule has 0 aliphatic carbocycles. The van der Waals surface area contributed by atoms with E-state index in [0.717, 1.165) is 11.1 Å². The van der Waals surface area contributed by atoms with E-state index in [-0.39, 0.29) is 5.76 Å². The molecule has 0 aliphatic heterocycles. The van der Waals surface area contributed by atoms with Crippen molar-refractivity contribution in [3.05, 3.63) is 66.4 Å². The minimum absolute atomic E-state index is 0.181. The van der Waals surface area contributed by atoms with Crippen molar-refractivity contribution in [1.29, 1.82) is 0 Å². The zero-order chi connectivity index (χ0) is 14.4. The van der Waals surface area contributed by atoms with Gasteiger partial charge in [-0.2, -0.15) is 0 Å². The molecule has 0 bridgehead atoms. The molecule has 20 heavy (non-hydrogen) atoms. The van der Waals surface area contributed by atoms with Crippen LogP contribution in [0.2, 0.25) is 0 Å². The van der Waals surface area contributed by atoms with E-state index in [0.29, 0.717) is 5.75 Å². The van der Waals surface area contributed by atoms with Crippen molar-refractivity contribution in [2.45, 2.75) is 6.92 Å². The van der Waals surface area contributed by atoms with E-state index in [1.807, 2.05) is 54.6 Å². The Bertz CT molecular complexity index is 598. The molecule has 0 radical (unpaired) electrons. The smallest absolute Gasteiger partial charge is 0.373 e. The Morgan fingerprint density at radius 2 is 1.55 bits per heavy atom. The van der Waals surface area contributed by atoms with Crippen molar-refractivity contribution in [1.82, 2.24) is 0 Å². The van der Waals surface area contributed by atoms with Crippen molar-refractivity contribution in [3.63, 3.8) is 0 Å². The van der Waals surface area contributed by atoms with Crippen LogP contribution in [0.5, 0.6) is 5.75 Å². The molecule has 2 aromatic rings. The summed E-state index contributed by atoms with van der Waals surface area (Å²) in [6.45, 7) is 1.73. The number of hydrogen-bond donors (Lipinski definition) is 0. The highest BCUT2D eigenvalue weighted by molar-refractivity contribution is 5.86. The van der Waals surface area contributed by atoms with Gasteiger partial charge in [-0.15, -0.1) is 0 Å². The van der Waals surface area contributed by atoms with Gasteiger partial charge < -0.3 is 9.47 Å². The van der Waals surface area contributed by atoms with E-state index in [4.69, 9.17) is 4.74 Å². The van der Waals surface area contributed by atoms with E-state index in [9.17, 15) is 4.79 Å². The van der Waals surface area contributed by atoms with Crippen LogP contribution in [0.3, 0.4) is 0 Å². The van der Waals surface area contributed by atoms with Crippen LogP contribution in [0.15, 0.2) is 66.4 Å². The summed E-state index contributed by atoms with van der Waals surface area (Å²) in [5.74, 6) is 0.294. The molecule has 0 atom stereocenters. The Labute approximate surface area is 118 Å². The number of ether oxygens (including phenoxy) is 2. The normalized spacial score (nSPS) is 11.0. The second kappa shape index (κ2) is 6.57. The molecule has 3 nitrogen and oxygen atoms in total. The zero-order valence-electron chi connectivity index (χ0n) is 11.5. The summed E-state index contributed by atoms with van der Waals surface area (Å²) in [6.07, 6.45) is 1.58. The van der Waals surface area contributed by atoms with Gasteiger partial charge in [0.15, 0.2) is 0 Å². The SMILES string of the molecule is CC=C(Oc1ccc(-c2ccccc2)cc1)C(=O)OC. The van der Waals surface area contributed by atoms with E-state index in [2.05, 4.69) is 4.74 Å². The monoisotopic (exact) mass is 268 g/mol. The molecule has 3 heteroatoms. The van der Waals surface area contributed by atoms with Crippen LogP contribution in [0.4, 0.5) is 0 Å². The zero-order valence-corrected chi connectivity index (χ0v) is 11.5. The van der Waals surface area contributed by atoms with Gasteiger partial charge in [0.1, 0.15) is 5.75 Å². The first-order chi connectivity index (χ1) is 9.74. The van der Waals surface area contributed by atoms with Gasteiger partial charge in [-0.3, -0.25) is 0 Å². The number of rotatable bonds is 4. The molecule has 0 saturated carbocycles. The van der Waals surface area contributed by atoms with Crippen LogP contribution in [0, 0.1) is 0 Å². The lowest BCUT2D eigenvalue weighted by atomic mass is 10.1. The molecule has 0 fully saturated rings.